The van der Waals surface area contributed by atoms with Crippen LogP contribution in [0.25, 0.3) is 22.8 Å². The molecule has 1 aliphatic carbocycles. The van der Waals surface area contributed by atoms with Crippen molar-refractivity contribution in [3.05, 3.63) is 58.5 Å². The van der Waals surface area contributed by atoms with Gasteiger partial charge < -0.3 is 14.4 Å². The van der Waals surface area contributed by atoms with Crippen molar-refractivity contribution in [1.29, 1.82) is 0 Å². The van der Waals surface area contributed by atoms with E-state index in [0.29, 0.717) is 17.3 Å². The molecular weight excluding hydrogens is 356 g/mol. The molecule has 1 N–H and O–H groups in total. The Morgan fingerprint density at radius 3 is 2.61 bits per heavy atom. The first-order valence-electron chi connectivity index (χ1n) is 9.49. The summed E-state index contributed by atoms with van der Waals surface area (Å²) in [5.74, 6) is 0.629. The van der Waals surface area contributed by atoms with Gasteiger partial charge in [0.15, 0.2) is 0 Å². The molecule has 2 heterocycles. The first kappa shape index (κ1) is 18.2. The summed E-state index contributed by atoms with van der Waals surface area (Å²) in [4.78, 5) is 28.8. The minimum atomic E-state index is -0.247. The van der Waals surface area contributed by atoms with Gasteiger partial charge in [-0.15, -0.1) is 0 Å². The highest BCUT2D eigenvalue weighted by atomic mass is 16.5. The van der Waals surface area contributed by atoms with Crippen molar-refractivity contribution in [3.8, 4) is 22.8 Å². The van der Waals surface area contributed by atoms with E-state index in [1.165, 1.54) is 10.6 Å². The Labute approximate surface area is 162 Å². The number of hydrogen-bond acceptors (Lipinski definition) is 5. The van der Waals surface area contributed by atoms with E-state index in [9.17, 15) is 9.59 Å². The lowest BCUT2D eigenvalue weighted by molar-refractivity contribution is -0.122. The Bertz CT molecular complexity index is 1030. The Kier molecular flexibility index (Phi) is 5.06. The third kappa shape index (κ3) is 4.03. The van der Waals surface area contributed by atoms with Crippen molar-refractivity contribution >= 4 is 5.91 Å². The predicted molar refractivity (Wildman–Crippen MR) is 105 cm³/mol. The van der Waals surface area contributed by atoms with E-state index in [-0.39, 0.29) is 24.1 Å². The van der Waals surface area contributed by atoms with E-state index in [0.717, 1.165) is 36.8 Å². The van der Waals surface area contributed by atoms with Crippen LogP contribution in [-0.4, -0.2) is 26.7 Å². The number of pyridine rings is 1. The second-order valence-corrected chi connectivity index (χ2v) is 7.22. The lowest BCUT2D eigenvalue weighted by atomic mass is 10.1. The van der Waals surface area contributed by atoms with Crippen molar-refractivity contribution in [1.82, 2.24) is 20.0 Å². The SMILES string of the molecule is Cc1ccc(-c2noc(-c3ccc(=O)n(CC(=O)NC4CCCC4)c3)n2)cc1. The molecule has 0 atom stereocenters. The summed E-state index contributed by atoms with van der Waals surface area (Å²) in [5.41, 5.74) is 2.35. The topological polar surface area (TPSA) is 90.0 Å². The molecule has 0 bridgehead atoms. The number of hydrogen-bond donors (Lipinski definition) is 1. The first-order chi connectivity index (χ1) is 13.6. The maximum atomic E-state index is 12.3. The monoisotopic (exact) mass is 378 g/mol. The van der Waals surface area contributed by atoms with Gasteiger partial charge in [0.05, 0.1) is 5.56 Å². The van der Waals surface area contributed by atoms with Crippen LogP contribution in [0.15, 0.2) is 51.9 Å². The van der Waals surface area contributed by atoms with Crippen LogP contribution in [0, 0.1) is 6.92 Å². The number of nitrogens with one attached hydrogen (secondary N) is 1. The van der Waals surface area contributed by atoms with Crippen molar-refractivity contribution in [2.75, 3.05) is 0 Å². The molecule has 3 aromatic rings. The number of nitrogens with zero attached hydrogens (tertiary/aromatic N) is 3. The first-order valence-corrected chi connectivity index (χ1v) is 9.49. The number of aromatic nitrogens is 3. The Hall–Kier alpha value is -3.22. The summed E-state index contributed by atoms with van der Waals surface area (Å²) in [6.45, 7) is 1.99. The van der Waals surface area contributed by atoms with E-state index < -0.39 is 0 Å². The standard InChI is InChI=1S/C21H22N4O3/c1-14-6-8-15(9-7-14)20-23-21(28-24-20)16-10-11-19(27)25(12-16)13-18(26)22-17-4-2-3-5-17/h6-12,17H,2-5,13H2,1H3,(H,22,26). The number of carbonyl (C=O) groups excluding carboxylic acids is 1. The molecule has 1 aliphatic rings. The molecule has 0 radical (unpaired) electrons. The Balaban J connectivity index is 1.52. The number of carbonyl (C=O) groups is 1. The van der Waals surface area contributed by atoms with Crippen LogP contribution in [-0.2, 0) is 11.3 Å². The molecule has 1 aromatic carbocycles. The second-order valence-electron chi connectivity index (χ2n) is 7.22. The van der Waals surface area contributed by atoms with Crippen LogP contribution in [0.3, 0.4) is 0 Å². The fraction of sp³-hybridized carbons (Fsp3) is 0.333. The smallest absolute Gasteiger partial charge is 0.259 e. The van der Waals surface area contributed by atoms with Crippen LogP contribution in [0.4, 0.5) is 0 Å². The highest BCUT2D eigenvalue weighted by Gasteiger charge is 2.18. The van der Waals surface area contributed by atoms with Gasteiger partial charge in [-0.25, -0.2) is 0 Å². The van der Waals surface area contributed by atoms with Gasteiger partial charge in [-0.1, -0.05) is 47.8 Å². The minimum absolute atomic E-state index is 0.0257. The minimum Gasteiger partial charge on any atom is -0.352 e. The third-order valence-electron chi connectivity index (χ3n) is 5.00. The second kappa shape index (κ2) is 7.80. The van der Waals surface area contributed by atoms with Gasteiger partial charge in [0.1, 0.15) is 6.54 Å². The third-order valence-corrected chi connectivity index (χ3v) is 5.00. The van der Waals surface area contributed by atoms with Gasteiger partial charge in [-0.3, -0.25) is 9.59 Å². The Morgan fingerprint density at radius 2 is 1.86 bits per heavy atom. The molecule has 7 nitrogen and oxygen atoms in total. The molecule has 1 saturated carbocycles. The number of amides is 1. The number of aryl methyl sites for hydroxylation is 1. The number of rotatable bonds is 5. The van der Waals surface area contributed by atoms with Crippen molar-refractivity contribution in [2.45, 2.75) is 45.2 Å². The van der Waals surface area contributed by atoms with Crippen LogP contribution in [0.2, 0.25) is 0 Å². The highest BCUT2D eigenvalue weighted by molar-refractivity contribution is 5.76. The quantitative estimate of drug-likeness (QED) is 0.737. The van der Waals surface area contributed by atoms with Gasteiger partial charge in [0.25, 0.3) is 11.4 Å². The summed E-state index contributed by atoms with van der Waals surface area (Å²) < 4.78 is 6.74. The molecule has 0 saturated heterocycles. The molecule has 4 rings (SSSR count). The van der Waals surface area contributed by atoms with Crippen LogP contribution >= 0.6 is 0 Å². The molecule has 7 heteroatoms. The van der Waals surface area contributed by atoms with Crippen LogP contribution in [0.5, 0.6) is 0 Å². The lowest BCUT2D eigenvalue weighted by Crippen LogP contribution is -2.37. The zero-order valence-corrected chi connectivity index (χ0v) is 15.7. The zero-order valence-electron chi connectivity index (χ0n) is 15.7. The van der Waals surface area contributed by atoms with Crippen molar-refractivity contribution in [3.63, 3.8) is 0 Å². The molecule has 28 heavy (non-hydrogen) atoms. The predicted octanol–water partition coefficient (Wildman–Crippen LogP) is 2.93. The molecule has 1 amide bonds. The molecule has 0 unspecified atom stereocenters. The summed E-state index contributed by atoms with van der Waals surface area (Å²) in [6.07, 6.45) is 5.87. The maximum absolute atomic E-state index is 12.3. The summed E-state index contributed by atoms with van der Waals surface area (Å²) in [5, 5.41) is 7.02. The molecule has 144 valence electrons. The van der Waals surface area contributed by atoms with E-state index >= 15 is 0 Å². The normalized spacial score (nSPS) is 14.3. The Morgan fingerprint density at radius 1 is 1.14 bits per heavy atom. The van der Waals surface area contributed by atoms with Gasteiger partial charge in [-0.2, -0.15) is 4.98 Å². The van der Waals surface area contributed by atoms with E-state index in [1.54, 1.807) is 12.3 Å². The van der Waals surface area contributed by atoms with E-state index in [1.807, 2.05) is 31.2 Å². The average molecular weight is 378 g/mol. The lowest BCUT2D eigenvalue weighted by Gasteiger charge is -2.13. The molecule has 1 fully saturated rings. The van der Waals surface area contributed by atoms with E-state index in [4.69, 9.17) is 4.52 Å². The van der Waals surface area contributed by atoms with Gasteiger partial charge in [-0.05, 0) is 25.8 Å². The average Bonchev–Trinajstić information content (AvgIpc) is 3.36. The fourth-order valence-corrected chi connectivity index (χ4v) is 3.44. The van der Waals surface area contributed by atoms with Crippen molar-refractivity contribution < 1.29 is 9.32 Å². The fourth-order valence-electron chi connectivity index (χ4n) is 3.44. The van der Waals surface area contributed by atoms with Crippen LogP contribution in [0.1, 0.15) is 31.2 Å². The molecular formula is C21H22N4O3. The molecule has 0 aliphatic heterocycles. The summed E-state index contributed by atoms with van der Waals surface area (Å²) in [6, 6.07) is 11.1. The summed E-state index contributed by atoms with van der Waals surface area (Å²) in [7, 11) is 0. The van der Waals surface area contributed by atoms with Crippen molar-refractivity contribution in [2.24, 2.45) is 0 Å². The molecule has 2 aromatic heterocycles. The molecule has 0 spiro atoms. The summed E-state index contributed by atoms with van der Waals surface area (Å²) >= 11 is 0. The van der Waals surface area contributed by atoms with Gasteiger partial charge in [0, 0.05) is 23.9 Å². The van der Waals surface area contributed by atoms with Crippen LogP contribution < -0.4 is 10.9 Å². The van der Waals surface area contributed by atoms with Gasteiger partial charge in [0.2, 0.25) is 11.7 Å². The highest BCUT2D eigenvalue weighted by Crippen LogP contribution is 2.22. The zero-order chi connectivity index (χ0) is 19.5. The number of benzene rings is 1. The largest absolute Gasteiger partial charge is 0.352 e. The maximum Gasteiger partial charge on any atom is 0.259 e. The van der Waals surface area contributed by atoms with E-state index in [2.05, 4.69) is 15.5 Å². The van der Waals surface area contributed by atoms with Gasteiger partial charge >= 0.3 is 0 Å².